The number of benzene rings is 2. The smallest absolute Gasteiger partial charge is 0.262 e. The fraction of sp³-hybridized carbons (Fsp3) is 0.240. The van der Waals surface area contributed by atoms with Crippen molar-refractivity contribution in [1.29, 1.82) is 0 Å². The molecule has 33 heavy (non-hydrogen) atoms. The third-order valence-corrected chi connectivity index (χ3v) is 8.38. The van der Waals surface area contributed by atoms with Gasteiger partial charge in [-0.25, -0.2) is 14.4 Å². The number of aryl methyl sites for hydroxylation is 1. The van der Waals surface area contributed by atoms with E-state index in [0.717, 1.165) is 57.7 Å². The summed E-state index contributed by atoms with van der Waals surface area (Å²) in [6, 6.07) is 14.8. The first-order chi connectivity index (χ1) is 16.1. The zero-order valence-corrected chi connectivity index (χ0v) is 19.4. The van der Waals surface area contributed by atoms with E-state index >= 15 is 0 Å². The number of para-hydroxylation sites is 1. The molecule has 0 unspecified atom stereocenters. The number of nitrogens with zero attached hydrogens (tertiary/aromatic N) is 3. The fourth-order valence-corrected chi connectivity index (χ4v) is 6.68. The van der Waals surface area contributed by atoms with Crippen LogP contribution in [0.2, 0.25) is 0 Å². The van der Waals surface area contributed by atoms with Crippen LogP contribution in [0.25, 0.3) is 20.4 Å². The van der Waals surface area contributed by atoms with Crippen molar-refractivity contribution in [3.8, 4) is 0 Å². The Kier molecular flexibility index (Phi) is 5.28. The SMILES string of the molecule is O=c1c2c3c(sc2ncn1Cc1ccc(F)cc1)C[C@H](NCc1nc2ccccc2s1)CC3. The van der Waals surface area contributed by atoms with E-state index in [1.807, 2.05) is 12.1 Å². The molecule has 1 N–H and O–H groups in total. The maximum atomic E-state index is 13.2. The van der Waals surface area contributed by atoms with E-state index < -0.39 is 0 Å². The largest absolute Gasteiger partial charge is 0.307 e. The summed E-state index contributed by atoms with van der Waals surface area (Å²) in [5.74, 6) is -0.280. The van der Waals surface area contributed by atoms with E-state index in [9.17, 15) is 9.18 Å². The van der Waals surface area contributed by atoms with Gasteiger partial charge in [0.25, 0.3) is 5.56 Å². The van der Waals surface area contributed by atoms with E-state index in [4.69, 9.17) is 4.98 Å². The monoisotopic (exact) mass is 476 g/mol. The molecule has 0 radical (unpaired) electrons. The van der Waals surface area contributed by atoms with Gasteiger partial charge in [-0.2, -0.15) is 0 Å². The molecule has 0 spiro atoms. The molecule has 1 atom stereocenters. The van der Waals surface area contributed by atoms with Gasteiger partial charge in [-0.15, -0.1) is 22.7 Å². The molecule has 5 nitrogen and oxygen atoms in total. The van der Waals surface area contributed by atoms with E-state index in [2.05, 4.69) is 22.4 Å². The minimum Gasteiger partial charge on any atom is -0.307 e. The highest BCUT2D eigenvalue weighted by atomic mass is 32.1. The number of rotatable bonds is 5. The van der Waals surface area contributed by atoms with Crippen LogP contribution in [-0.4, -0.2) is 20.6 Å². The summed E-state index contributed by atoms with van der Waals surface area (Å²) in [5, 5.41) is 5.52. The van der Waals surface area contributed by atoms with E-state index in [1.165, 1.54) is 21.7 Å². The molecule has 0 aliphatic heterocycles. The van der Waals surface area contributed by atoms with Crippen molar-refractivity contribution in [3.05, 3.63) is 92.0 Å². The van der Waals surface area contributed by atoms with Crippen molar-refractivity contribution in [2.24, 2.45) is 0 Å². The predicted molar refractivity (Wildman–Crippen MR) is 132 cm³/mol. The number of hydrogen-bond acceptors (Lipinski definition) is 6. The Bertz CT molecular complexity index is 1490. The van der Waals surface area contributed by atoms with Crippen LogP contribution in [0.5, 0.6) is 0 Å². The predicted octanol–water partition coefficient (Wildman–Crippen LogP) is 4.90. The molecule has 1 aliphatic carbocycles. The minimum atomic E-state index is -0.280. The van der Waals surface area contributed by atoms with Gasteiger partial charge in [-0.05, 0) is 54.7 Å². The lowest BCUT2D eigenvalue weighted by Gasteiger charge is -2.23. The molecular weight excluding hydrogens is 455 g/mol. The second kappa shape index (κ2) is 8.44. The van der Waals surface area contributed by atoms with Crippen LogP contribution in [-0.2, 0) is 25.9 Å². The highest BCUT2D eigenvalue weighted by molar-refractivity contribution is 7.19. The molecule has 3 aromatic heterocycles. The van der Waals surface area contributed by atoms with Gasteiger partial charge in [-0.1, -0.05) is 24.3 Å². The molecule has 0 amide bonds. The Morgan fingerprint density at radius 2 is 1.97 bits per heavy atom. The van der Waals surface area contributed by atoms with E-state index in [-0.39, 0.29) is 11.4 Å². The Morgan fingerprint density at radius 1 is 1.12 bits per heavy atom. The molecule has 3 heterocycles. The summed E-state index contributed by atoms with van der Waals surface area (Å²) < 4.78 is 16.0. The zero-order chi connectivity index (χ0) is 22.4. The zero-order valence-electron chi connectivity index (χ0n) is 17.8. The molecular formula is C25H21FN4OS2. The lowest BCUT2D eigenvalue weighted by atomic mass is 9.93. The standard InChI is InChI=1S/C25H21FN4OS2/c26-16-7-5-15(6-8-16)13-30-14-28-24-23(25(30)31)18-10-9-17(11-21(18)33-24)27-12-22-29-19-3-1-2-4-20(19)32-22/h1-8,14,17,27H,9-13H2/t17-/m1/s1. The maximum absolute atomic E-state index is 13.2. The molecule has 166 valence electrons. The van der Waals surface area contributed by atoms with E-state index in [0.29, 0.717) is 12.6 Å². The Hall–Kier alpha value is -2.94. The number of hydrogen-bond donors (Lipinski definition) is 1. The van der Waals surface area contributed by atoms with Gasteiger partial charge in [0.05, 0.1) is 28.5 Å². The van der Waals surface area contributed by atoms with Gasteiger partial charge in [-0.3, -0.25) is 9.36 Å². The lowest BCUT2D eigenvalue weighted by Crippen LogP contribution is -2.33. The van der Waals surface area contributed by atoms with Crippen LogP contribution in [0.15, 0.2) is 59.7 Å². The summed E-state index contributed by atoms with van der Waals surface area (Å²) in [4.78, 5) is 24.6. The average molecular weight is 477 g/mol. The Balaban J connectivity index is 1.21. The summed E-state index contributed by atoms with van der Waals surface area (Å²) in [7, 11) is 0. The highest BCUT2D eigenvalue weighted by Gasteiger charge is 2.25. The fourth-order valence-electron chi connectivity index (χ4n) is 4.50. The van der Waals surface area contributed by atoms with Crippen molar-refractivity contribution in [2.45, 2.75) is 38.4 Å². The van der Waals surface area contributed by atoms with Crippen LogP contribution in [0.4, 0.5) is 4.39 Å². The van der Waals surface area contributed by atoms with Crippen LogP contribution < -0.4 is 10.9 Å². The van der Waals surface area contributed by atoms with Crippen LogP contribution in [0, 0.1) is 5.82 Å². The summed E-state index contributed by atoms with van der Waals surface area (Å²) >= 11 is 3.37. The normalized spacial score (nSPS) is 15.8. The quantitative estimate of drug-likeness (QED) is 0.392. The maximum Gasteiger partial charge on any atom is 0.262 e. The second-order valence-corrected chi connectivity index (χ2v) is 10.6. The summed E-state index contributed by atoms with van der Waals surface area (Å²) in [6.45, 7) is 1.14. The summed E-state index contributed by atoms with van der Waals surface area (Å²) in [6.07, 6.45) is 4.36. The molecule has 5 aromatic rings. The topological polar surface area (TPSA) is 59.8 Å². The first-order valence-corrected chi connectivity index (χ1v) is 12.6. The minimum absolute atomic E-state index is 0.0114. The van der Waals surface area contributed by atoms with Crippen molar-refractivity contribution in [3.63, 3.8) is 0 Å². The Labute approximate surface area is 197 Å². The average Bonchev–Trinajstić information content (AvgIpc) is 3.41. The molecule has 0 bridgehead atoms. The van der Waals surface area contributed by atoms with Crippen LogP contribution in [0.3, 0.4) is 0 Å². The molecule has 8 heteroatoms. The molecule has 0 saturated heterocycles. The number of thiazole rings is 1. The van der Waals surface area contributed by atoms with Crippen LogP contribution in [0.1, 0.15) is 27.4 Å². The van der Waals surface area contributed by atoms with Crippen molar-refractivity contribution in [1.82, 2.24) is 19.9 Å². The van der Waals surface area contributed by atoms with Gasteiger partial charge < -0.3 is 5.32 Å². The second-order valence-electron chi connectivity index (χ2n) is 8.38. The summed E-state index contributed by atoms with van der Waals surface area (Å²) in [5.41, 5.74) is 3.07. The van der Waals surface area contributed by atoms with Crippen molar-refractivity contribution in [2.75, 3.05) is 0 Å². The van der Waals surface area contributed by atoms with Gasteiger partial charge in [0.15, 0.2) is 0 Å². The number of aromatic nitrogens is 3. The third-order valence-electron chi connectivity index (χ3n) is 6.18. The lowest BCUT2D eigenvalue weighted by molar-refractivity contribution is 0.462. The van der Waals surface area contributed by atoms with Gasteiger partial charge in [0, 0.05) is 17.5 Å². The first-order valence-electron chi connectivity index (χ1n) is 11.0. The third kappa shape index (κ3) is 3.99. The number of halogens is 1. The molecule has 2 aromatic carbocycles. The van der Waals surface area contributed by atoms with Crippen molar-refractivity contribution >= 4 is 43.1 Å². The van der Waals surface area contributed by atoms with Gasteiger partial charge in [0.1, 0.15) is 15.7 Å². The number of thiophene rings is 1. The van der Waals surface area contributed by atoms with Gasteiger partial charge >= 0.3 is 0 Å². The Morgan fingerprint density at radius 3 is 2.82 bits per heavy atom. The number of fused-ring (bicyclic) bond motifs is 4. The molecule has 0 fully saturated rings. The molecule has 1 aliphatic rings. The molecule has 6 rings (SSSR count). The number of nitrogens with one attached hydrogen (secondary N) is 1. The molecule has 0 saturated carbocycles. The van der Waals surface area contributed by atoms with Gasteiger partial charge in [0.2, 0.25) is 0 Å². The highest BCUT2D eigenvalue weighted by Crippen LogP contribution is 2.34. The van der Waals surface area contributed by atoms with Crippen LogP contribution >= 0.6 is 22.7 Å². The van der Waals surface area contributed by atoms with E-state index in [1.54, 1.807) is 45.7 Å². The first kappa shape index (κ1) is 20.7. The van der Waals surface area contributed by atoms with Crippen molar-refractivity contribution < 1.29 is 4.39 Å².